The molecule has 0 aromatic heterocycles. The summed E-state index contributed by atoms with van der Waals surface area (Å²) in [7, 11) is 5.32. The average Bonchev–Trinajstić information content (AvgIpc) is 0.803. The summed E-state index contributed by atoms with van der Waals surface area (Å²) in [5.74, 6) is 1.58. The second-order valence-corrected chi connectivity index (χ2v) is 31.4. The maximum Gasteiger partial charge on any atom is 0.513 e. The van der Waals surface area contributed by atoms with Crippen molar-refractivity contribution in [2.75, 3.05) is 61.5 Å². The Kier molecular flexibility index (Phi) is 45.3. The first kappa shape index (κ1) is 105. The molecule has 0 N–H and O–H groups in total. The lowest BCUT2D eigenvalue weighted by Gasteiger charge is -2.31. The Hall–Kier alpha value is -11.0. The van der Waals surface area contributed by atoms with Gasteiger partial charge < -0.3 is 71.1 Å². The number of ether oxygens (including phenoxy) is 14. The van der Waals surface area contributed by atoms with Gasteiger partial charge in [-0.25, -0.2) is 19.2 Å². The highest BCUT2D eigenvalue weighted by atomic mass is 17.2. The van der Waals surface area contributed by atoms with E-state index in [1.807, 2.05) is 76.2 Å². The Morgan fingerprint density at radius 1 is 0.370 bits per heavy atom. The van der Waals surface area contributed by atoms with Gasteiger partial charge in [-0.2, -0.15) is 9.78 Å². The van der Waals surface area contributed by atoms with E-state index in [9.17, 15) is 28.8 Å². The number of hydrogen-bond donors (Lipinski definition) is 0. The van der Waals surface area contributed by atoms with Crippen LogP contribution >= 0.6 is 0 Å². The zero-order chi connectivity index (χ0) is 92.8. The number of rotatable bonds is 39. The second-order valence-electron chi connectivity index (χ2n) is 31.4. The van der Waals surface area contributed by atoms with Crippen molar-refractivity contribution in [2.45, 2.75) is 246 Å². The molecule has 690 valence electrons. The van der Waals surface area contributed by atoms with E-state index < -0.39 is 47.7 Å². The number of aryl methyl sites for hydroxylation is 3. The molecule has 2 aliphatic rings. The molecule has 25 heteroatoms. The quantitative estimate of drug-likeness (QED) is 0.00658. The summed E-state index contributed by atoms with van der Waals surface area (Å²) in [5, 5.41) is 0. The summed E-state index contributed by atoms with van der Waals surface area (Å²) in [4.78, 5) is 99.6. The number of aldehydes is 1. The predicted molar refractivity (Wildman–Crippen MR) is 482 cm³/mol. The molecule has 8 aromatic carbocycles. The molecule has 10 rings (SSSR count). The highest BCUT2D eigenvalue weighted by Crippen LogP contribution is 2.43. The van der Waals surface area contributed by atoms with Gasteiger partial charge in [-0.1, -0.05) is 179 Å². The number of carbonyl (C=O) groups excluding carboxylic acids is 7. The van der Waals surface area contributed by atoms with E-state index in [2.05, 4.69) is 148 Å². The molecule has 0 radical (unpaired) electrons. The number of carbonyl (C=O) groups is 7. The van der Waals surface area contributed by atoms with E-state index in [1.165, 1.54) is 63.2 Å². The molecule has 0 spiro atoms. The lowest BCUT2D eigenvalue weighted by molar-refractivity contribution is -0.346. The number of methoxy groups -OCH3 is 4. The largest absolute Gasteiger partial charge is 0.513 e. The van der Waals surface area contributed by atoms with Crippen LogP contribution in [-0.2, 0) is 114 Å². The third kappa shape index (κ3) is 34.6. The van der Waals surface area contributed by atoms with Crippen LogP contribution in [0.2, 0.25) is 0 Å². The van der Waals surface area contributed by atoms with Crippen LogP contribution in [0.15, 0.2) is 194 Å². The van der Waals surface area contributed by atoms with Gasteiger partial charge in [0.05, 0.1) is 41.7 Å². The third-order valence-corrected chi connectivity index (χ3v) is 22.2. The molecule has 2 aliphatic heterocycles. The minimum absolute atomic E-state index is 0.0379. The molecule has 0 amide bonds. The van der Waals surface area contributed by atoms with Gasteiger partial charge in [-0.15, -0.1) is 0 Å². The first-order valence-electron chi connectivity index (χ1n) is 43.6. The van der Waals surface area contributed by atoms with Crippen molar-refractivity contribution in [1.29, 1.82) is 0 Å². The van der Waals surface area contributed by atoms with Crippen LogP contribution < -0.4 is 23.7 Å². The second kappa shape index (κ2) is 54.9. The molecule has 7 unspecified atom stereocenters. The molecule has 2 fully saturated rings. The van der Waals surface area contributed by atoms with Gasteiger partial charge in [0, 0.05) is 80.0 Å². The highest BCUT2D eigenvalue weighted by Gasteiger charge is 2.35. The highest BCUT2D eigenvalue weighted by molar-refractivity contribution is 5.71. The van der Waals surface area contributed by atoms with Crippen molar-refractivity contribution in [2.24, 2.45) is 0 Å². The maximum absolute atomic E-state index is 12.3. The topological polar surface area (TPSA) is 286 Å². The summed E-state index contributed by atoms with van der Waals surface area (Å²) in [5.41, 5.74) is 10.7. The Labute approximate surface area is 750 Å². The summed E-state index contributed by atoms with van der Waals surface area (Å²) in [6.45, 7) is 30.0. The Balaban J connectivity index is 0.000000261. The molecular formula is C102H132O25. The molecule has 2 heterocycles. The van der Waals surface area contributed by atoms with Crippen molar-refractivity contribution >= 4 is 42.5 Å². The molecule has 8 aromatic rings. The zero-order valence-corrected chi connectivity index (χ0v) is 77.3. The first-order valence-corrected chi connectivity index (χ1v) is 43.6. The molecule has 0 saturated carbocycles. The lowest BCUT2D eigenvalue weighted by Crippen LogP contribution is -2.26. The van der Waals surface area contributed by atoms with E-state index in [0.29, 0.717) is 63.4 Å². The Bertz CT molecular complexity index is 4400. The van der Waals surface area contributed by atoms with Crippen molar-refractivity contribution in [3.05, 3.63) is 255 Å². The molecule has 0 bridgehead atoms. The minimum Gasteiger partial charge on any atom is -0.469 e. The Morgan fingerprint density at radius 3 is 0.906 bits per heavy atom. The lowest BCUT2D eigenvalue weighted by atomic mass is 9.72. The summed E-state index contributed by atoms with van der Waals surface area (Å²) in [6, 6.07) is 63.6. The van der Waals surface area contributed by atoms with Gasteiger partial charge in [-0.05, 0) is 231 Å². The smallest absolute Gasteiger partial charge is 0.469 e. The third-order valence-electron chi connectivity index (χ3n) is 22.2. The molecule has 127 heavy (non-hydrogen) atoms. The van der Waals surface area contributed by atoms with Gasteiger partial charge >= 0.3 is 36.2 Å². The zero-order valence-electron chi connectivity index (χ0n) is 77.3. The van der Waals surface area contributed by atoms with E-state index in [0.717, 1.165) is 121 Å². The first-order chi connectivity index (χ1) is 61.0. The number of benzene rings is 8. The average molecular weight is 1760 g/mol. The van der Waals surface area contributed by atoms with Crippen LogP contribution in [0.3, 0.4) is 0 Å². The molecule has 25 nitrogen and oxygen atoms in total. The summed E-state index contributed by atoms with van der Waals surface area (Å²) >= 11 is 0. The standard InChI is InChI=1S/C28H36O6.C26H36O6.C25H30O10.C21H26O2.C2H4O/c1-28(18-17-25(29)30-2,21-9-13-23(14-10-21)33-26-7-3-5-19-31-26)22-11-15-24(16-12-22)34-27-8-4-6-20-32-27;1-7-28-20(4)30-24-15-13-23(14-16-24)26(6,22-11-9-19(3)10-12-22)18-17-25(27)32-31-21(5)29-8-2;1-6-31-17(2)34-35-22(26)15-16-25(3,18-7-11-20(12-8-18)32-23(27)29-4)19-9-13-21(14-10-19)33-24(28)30-5;1-5-17-8-12-19(13-9-17)21(3,15-14-20(22)23-4)18-10-6-16(2)7-11-18;1-2-3/h9-16,26-27H,3-8,17-20H2,1-2H3;9-16,20-21H,7-8,17-18H2,1-6H3;7-14,17H,6,15-16H2,1-5H3;6-13H,5,14-15H2,1-4H3;2H,1H3. The van der Waals surface area contributed by atoms with Crippen molar-refractivity contribution in [3.63, 3.8) is 0 Å². The van der Waals surface area contributed by atoms with Crippen LogP contribution in [0, 0.1) is 13.8 Å². The maximum atomic E-state index is 12.3. The molecule has 7 atom stereocenters. The van der Waals surface area contributed by atoms with Gasteiger partial charge in [0.1, 0.15) is 35.0 Å². The normalized spacial score (nSPS) is 15.5. The molecule has 2 saturated heterocycles. The van der Waals surface area contributed by atoms with E-state index >= 15 is 0 Å². The SMILES string of the molecule is CC=O.CCOC(C)OOC(=O)CCC(C)(c1ccc(C)cc1)c1ccc(OC(C)OCC)cc1.CCOC(C)OOC(=O)CCC(C)(c1ccc(OC(=O)OC)cc1)c1ccc(OC(=O)OC)cc1.CCc1ccc(C(C)(CCC(=O)OC)c2ccc(C)cc2)cc1.COC(=O)CCC(C)(c1ccc(OC2CCCCO2)cc1)c1ccc(OC2CCCCO2)cc1. The fourth-order valence-electron chi connectivity index (χ4n) is 14.4. The molecule has 0 aliphatic carbocycles. The molecular weight excluding hydrogens is 1630 g/mol. The summed E-state index contributed by atoms with van der Waals surface area (Å²) in [6.07, 6.45) is 7.68. The van der Waals surface area contributed by atoms with Crippen molar-refractivity contribution in [3.8, 4) is 28.7 Å². The van der Waals surface area contributed by atoms with Crippen molar-refractivity contribution < 1.29 is 119 Å². The van der Waals surface area contributed by atoms with Gasteiger partial charge in [-0.3, -0.25) is 19.4 Å². The van der Waals surface area contributed by atoms with Crippen LogP contribution in [-0.4, -0.2) is 135 Å². The fraction of sp³-hybridized carbons (Fsp3) is 0.461. The van der Waals surface area contributed by atoms with E-state index in [4.69, 9.17) is 81.2 Å². The number of hydrogen-bond acceptors (Lipinski definition) is 25. The van der Waals surface area contributed by atoms with E-state index in [-0.39, 0.29) is 54.5 Å². The minimum atomic E-state index is -0.828. The van der Waals surface area contributed by atoms with E-state index in [1.54, 1.807) is 69.3 Å². The van der Waals surface area contributed by atoms with Crippen LogP contribution in [0.25, 0.3) is 0 Å². The number of esters is 2. The van der Waals surface area contributed by atoms with Gasteiger partial charge in [0.15, 0.2) is 31.5 Å². The monoisotopic (exact) mass is 1760 g/mol. The van der Waals surface area contributed by atoms with Crippen LogP contribution in [0.1, 0.15) is 234 Å². The Morgan fingerprint density at radius 2 is 0.638 bits per heavy atom. The fourth-order valence-corrected chi connectivity index (χ4v) is 14.4. The van der Waals surface area contributed by atoms with Crippen LogP contribution in [0.4, 0.5) is 9.59 Å². The van der Waals surface area contributed by atoms with Crippen LogP contribution in [0.5, 0.6) is 28.7 Å². The van der Waals surface area contributed by atoms with Gasteiger partial charge in [0.25, 0.3) is 0 Å². The summed E-state index contributed by atoms with van der Waals surface area (Å²) < 4.78 is 73.9. The predicted octanol–water partition coefficient (Wildman–Crippen LogP) is 21.4. The van der Waals surface area contributed by atoms with Crippen molar-refractivity contribution in [1.82, 2.24) is 0 Å². The van der Waals surface area contributed by atoms with Gasteiger partial charge in [0.2, 0.25) is 0 Å².